The molecule has 1 aromatic rings. The van der Waals surface area contributed by atoms with Gasteiger partial charge >= 0.3 is 5.97 Å². The Morgan fingerprint density at radius 1 is 1.40 bits per heavy atom. The molecule has 20 heavy (non-hydrogen) atoms. The van der Waals surface area contributed by atoms with Crippen molar-refractivity contribution in [3.05, 3.63) is 11.1 Å². The van der Waals surface area contributed by atoms with Crippen LogP contribution in [0.1, 0.15) is 36.7 Å². The smallest absolute Gasteiger partial charge is 0.357 e. The first-order valence-electron chi connectivity index (χ1n) is 6.85. The lowest BCUT2D eigenvalue weighted by molar-refractivity contribution is -0.130. The number of rotatable bonds is 5. The summed E-state index contributed by atoms with van der Waals surface area (Å²) in [6, 6.07) is 0. The number of carbonyl (C=O) groups is 2. The molecule has 1 amide bonds. The van der Waals surface area contributed by atoms with Crippen LogP contribution in [0.4, 0.5) is 5.13 Å². The molecule has 110 valence electrons. The van der Waals surface area contributed by atoms with Gasteiger partial charge in [-0.3, -0.25) is 4.79 Å². The monoisotopic (exact) mass is 297 g/mol. The largest absolute Gasteiger partial charge is 0.461 e. The molecule has 2 heterocycles. The predicted octanol–water partition coefficient (Wildman–Crippen LogP) is 1.74. The zero-order chi connectivity index (χ0) is 14.4. The second-order valence-corrected chi connectivity index (χ2v) is 5.41. The van der Waals surface area contributed by atoms with Crippen molar-refractivity contribution in [2.75, 3.05) is 31.6 Å². The summed E-state index contributed by atoms with van der Waals surface area (Å²) in [6.45, 7) is 3.97. The van der Waals surface area contributed by atoms with E-state index in [1.165, 1.54) is 17.8 Å². The van der Waals surface area contributed by atoms with Crippen LogP contribution in [-0.2, 0) is 9.53 Å². The number of esters is 1. The van der Waals surface area contributed by atoms with E-state index in [0.29, 0.717) is 11.7 Å². The number of hydrogen-bond acceptors (Lipinski definition) is 6. The van der Waals surface area contributed by atoms with Crippen LogP contribution in [0.15, 0.2) is 5.38 Å². The van der Waals surface area contributed by atoms with Crippen LogP contribution in [-0.4, -0.2) is 48.0 Å². The van der Waals surface area contributed by atoms with E-state index in [1.54, 1.807) is 12.3 Å². The van der Waals surface area contributed by atoms with E-state index < -0.39 is 5.97 Å². The minimum atomic E-state index is -0.431. The predicted molar refractivity (Wildman–Crippen MR) is 77.0 cm³/mol. The van der Waals surface area contributed by atoms with Crippen LogP contribution in [0.2, 0.25) is 0 Å². The van der Waals surface area contributed by atoms with Crippen LogP contribution in [0.5, 0.6) is 0 Å². The molecule has 1 fully saturated rings. The first kappa shape index (κ1) is 14.8. The Morgan fingerprint density at radius 2 is 2.15 bits per heavy atom. The molecule has 0 radical (unpaired) electrons. The summed E-state index contributed by atoms with van der Waals surface area (Å²) in [7, 11) is 0. The van der Waals surface area contributed by atoms with Gasteiger partial charge in [-0.25, -0.2) is 9.78 Å². The molecule has 0 bridgehead atoms. The summed E-state index contributed by atoms with van der Waals surface area (Å²) in [5.74, 6) is -0.350. The summed E-state index contributed by atoms with van der Waals surface area (Å²) in [6.07, 6.45) is 3.36. The Bertz CT molecular complexity index is 469. The first-order chi connectivity index (χ1) is 9.70. The number of amides is 1. The van der Waals surface area contributed by atoms with Gasteiger partial charge in [0.2, 0.25) is 5.91 Å². The van der Waals surface area contributed by atoms with Gasteiger partial charge in [-0.15, -0.1) is 11.3 Å². The highest BCUT2D eigenvalue weighted by Gasteiger charge is 2.17. The van der Waals surface area contributed by atoms with Crippen molar-refractivity contribution in [1.82, 2.24) is 9.88 Å². The number of likely N-dealkylation sites (tertiary alicyclic amines) is 1. The number of aromatic nitrogens is 1. The van der Waals surface area contributed by atoms with Crippen molar-refractivity contribution in [2.45, 2.75) is 26.2 Å². The van der Waals surface area contributed by atoms with E-state index in [4.69, 9.17) is 4.74 Å². The number of ether oxygens (including phenoxy) is 1. The van der Waals surface area contributed by atoms with Gasteiger partial charge in [0.1, 0.15) is 0 Å². The van der Waals surface area contributed by atoms with Gasteiger partial charge in [-0.1, -0.05) is 0 Å². The molecule has 1 N–H and O–H groups in total. The molecule has 1 aliphatic rings. The summed E-state index contributed by atoms with van der Waals surface area (Å²) >= 11 is 1.30. The van der Waals surface area contributed by atoms with E-state index in [9.17, 15) is 9.59 Å². The Balaban J connectivity index is 1.81. The third kappa shape index (κ3) is 3.93. The highest BCUT2D eigenvalue weighted by atomic mass is 32.1. The fourth-order valence-electron chi connectivity index (χ4n) is 2.06. The zero-order valence-electron chi connectivity index (χ0n) is 11.6. The third-order valence-corrected chi connectivity index (χ3v) is 3.89. The SMILES string of the molecule is CCOC(=O)c1csc(NCC(=O)N2CCCCC2)n1. The van der Waals surface area contributed by atoms with E-state index >= 15 is 0 Å². The summed E-state index contributed by atoms with van der Waals surface area (Å²) < 4.78 is 4.86. The minimum Gasteiger partial charge on any atom is -0.461 e. The molecule has 0 aromatic carbocycles. The quantitative estimate of drug-likeness (QED) is 0.838. The standard InChI is InChI=1S/C13H19N3O3S/c1-2-19-12(18)10-9-20-13(15-10)14-8-11(17)16-6-4-3-5-7-16/h9H,2-8H2,1H3,(H,14,15). The number of piperidine rings is 1. The molecule has 0 saturated carbocycles. The fourth-order valence-corrected chi connectivity index (χ4v) is 2.74. The van der Waals surface area contributed by atoms with Crippen LogP contribution in [0.25, 0.3) is 0 Å². The number of thiazole rings is 1. The van der Waals surface area contributed by atoms with Gasteiger partial charge in [-0.05, 0) is 26.2 Å². The van der Waals surface area contributed by atoms with Crippen molar-refractivity contribution < 1.29 is 14.3 Å². The number of anilines is 1. The molecule has 7 heteroatoms. The Morgan fingerprint density at radius 3 is 2.85 bits per heavy atom. The van der Waals surface area contributed by atoms with E-state index in [0.717, 1.165) is 25.9 Å². The highest BCUT2D eigenvalue weighted by Crippen LogP contribution is 2.16. The third-order valence-electron chi connectivity index (χ3n) is 3.09. The Kier molecular flexibility index (Phi) is 5.34. The van der Waals surface area contributed by atoms with Crippen LogP contribution >= 0.6 is 11.3 Å². The highest BCUT2D eigenvalue weighted by molar-refractivity contribution is 7.13. The maximum Gasteiger partial charge on any atom is 0.357 e. The lowest BCUT2D eigenvalue weighted by Crippen LogP contribution is -2.39. The normalized spacial score (nSPS) is 14.9. The van der Waals surface area contributed by atoms with Gasteiger partial charge < -0.3 is 15.0 Å². The van der Waals surface area contributed by atoms with Gasteiger partial charge in [0.15, 0.2) is 10.8 Å². The first-order valence-corrected chi connectivity index (χ1v) is 7.73. The lowest BCUT2D eigenvalue weighted by Gasteiger charge is -2.26. The van der Waals surface area contributed by atoms with E-state index in [-0.39, 0.29) is 18.1 Å². The van der Waals surface area contributed by atoms with Crippen molar-refractivity contribution in [2.24, 2.45) is 0 Å². The van der Waals surface area contributed by atoms with Crippen molar-refractivity contribution in [3.63, 3.8) is 0 Å². The average Bonchev–Trinajstić information content (AvgIpc) is 2.95. The number of nitrogens with zero attached hydrogens (tertiary/aromatic N) is 2. The Labute approximate surface area is 122 Å². The van der Waals surface area contributed by atoms with Crippen molar-refractivity contribution >= 4 is 28.3 Å². The molecule has 6 nitrogen and oxygen atoms in total. The maximum absolute atomic E-state index is 12.0. The van der Waals surface area contributed by atoms with Crippen molar-refractivity contribution in [1.29, 1.82) is 0 Å². The average molecular weight is 297 g/mol. The summed E-state index contributed by atoms with van der Waals surface area (Å²) in [5.41, 5.74) is 0.282. The van der Waals surface area contributed by atoms with Gasteiger partial charge in [-0.2, -0.15) is 0 Å². The van der Waals surface area contributed by atoms with Crippen molar-refractivity contribution in [3.8, 4) is 0 Å². The van der Waals surface area contributed by atoms with Crippen LogP contribution < -0.4 is 5.32 Å². The topological polar surface area (TPSA) is 71.5 Å². The van der Waals surface area contributed by atoms with Crippen LogP contribution in [0.3, 0.4) is 0 Å². The van der Waals surface area contributed by atoms with Gasteiger partial charge in [0.25, 0.3) is 0 Å². The molecule has 1 aliphatic heterocycles. The maximum atomic E-state index is 12.0. The summed E-state index contributed by atoms with van der Waals surface area (Å²) in [5, 5.41) is 5.17. The van der Waals surface area contributed by atoms with Crippen LogP contribution in [0, 0.1) is 0 Å². The molecule has 0 spiro atoms. The molecule has 1 aromatic heterocycles. The molecular formula is C13H19N3O3S. The number of nitrogens with one attached hydrogen (secondary N) is 1. The molecule has 0 aliphatic carbocycles. The van der Waals surface area contributed by atoms with E-state index in [2.05, 4.69) is 10.3 Å². The molecule has 0 atom stereocenters. The molecular weight excluding hydrogens is 278 g/mol. The summed E-state index contributed by atoms with van der Waals surface area (Å²) in [4.78, 5) is 29.4. The Hall–Kier alpha value is -1.63. The second kappa shape index (κ2) is 7.23. The lowest BCUT2D eigenvalue weighted by atomic mass is 10.1. The van der Waals surface area contributed by atoms with E-state index in [1.807, 2.05) is 4.90 Å². The molecule has 1 saturated heterocycles. The molecule has 0 unspecified atom stereocenters. The number of carbonyl (C=O) groups excluding carboxylic acids is 2. The van der Waals surface area contributed by atoms with Gasteiger partial charge in [0.05, 0.1) is 13.2 Å². The second-order valence-electron chi connectivity index (χ2n) is 4.55. The minimum absolute atomic E-state index is 0.0811. The van der Waals surface area contributed by atoms with Gasteiger partial charge in [0, 0.05) is 18.5 Å². The zero-order valence-corrected chi connectivity index (χ0v) is 12.4. The molecule has 2 rings (SSSR count). The fraction of sp³-hybridized carbons (Fsp3) is 0.615. The number of hydrogen-bond donors (Lipinski definition) is 1.